The van der Waals surface area contributed by atoms with E-state index in [1.54, 1.807) is 25.6 Å². The number of nitrogens with one attached hydrogen (secondary N) is 2. The van der Waals surface area contributed by atoms with Crippen molar-refractivity contribution >= 4 is 23.2 Å². The van der Waals surface area contributed by atoms with E-state index < -0.39 is 6.04 Å². The van der Waals surface area contributed by atoms with Gasteiger partial charge in [0.2, 0.25) is 11.8 Å². The quantitative estimate of drug-likeness (QED) is 0.614. The minimum atomic E-state index is -0.540. The lowest BCUT2D eigenvalue weighted by Gasteiger charge is -2.35. The smallest absolute Gasteiger partial charge is 0.237 e. The fourth-order valence-electron chi connectivity index (χ4n) is 3.48. The van der Waals surface area contributed by atoms with Crippen LogP contribution in [0.4, 0.5) is 0 Å². The minimum Gasteiger partial charge on any atom is -0.497 e. The maximum absolute atomic E-state index is 12.6. The van der Waals surface area contributed by atoms with Gasteiger partial charge in [0.25, 0.3) is 0 Å². The number of benzene rings is 1. The Balaban J connectivity index is 1.63. The molecule has 3 rings (SSSR count). The van der Waals surface area contributed by atoms with Crippen molar-refractivity contribution in [3.63, 3.8) is 0 Å². The van der Waals surface area contributed by atoms with Crippen LogP contribution in [0.15, 0.2) is 23.6 Å². The molecule has 2 heterocycles. The Morgan fingerprint density at radius 3 is 2.84 bits per heavy atom. The van der Waals surface area contributed by atoms with Crippen molar-refractivity contribution in [2.75, 3.05) is 27.3 Å². The molecule has 31 heavy (non-hydrogen) atoms. The molecule has 1 aliphatic rings. The molecule has 168 valence electrons. The summed E-state index contributed by atoms with van der Waals surface area (Å²) in [4.78, 5) is 31.7. The first-order valence-corrected chi connectivity index (χ1v) is 11.2. The molecule has 0 unspecified atom stereocenters. The summed E-state index contributed by atoms with van der Waals surface area (Å²) in [6.07, 6.45) is 0.0888. The van der Waals surface area contributed by atoms with Crippen molar-refractivity contribution in [3.05, 3.63) is 39.8 Å². The standard InChI is InChI=1S/C22H30N4O4S/c1-14(2)22-25-16(13-31-22)11-24-20(27)10-18-21(28)23-7-8-26(18)12-15-5-6-17(29-3)9-19(15)30-4/h5-6,9,13-14,18H,7-8,10-12H2,1-4H3,(H,23,28)(H,24,27)/t18-/m1/s1. The molecule has 9 heteroatoms. The monoisotopic (exact) mass is 446 g/mol. The number of hydrogen-bond acceptors (Lipinski definition) is 7. The SMILES string of the molecule is COc1ccc(CN2CCNC(=O)[C@H]2CC(=O)NCc2csc(C(C)C)n2)c(OC)c1. The van der Waals surface area contributed by atoms with Gasteiger partial charge in [-0.3, -0.25) is 14.5 Å². The number of carbonyl (C=O) groups is 2. The normalized spacial score (nSPS) is 16.8. The molecule has 8 nitrogen and oxygen atoms in total. The molecule has 0 saturated carbocycles. The van der Waals surface area contributed by atoms with Gasteiger partial charge in [-0.15, -0.1) is 11.3 Å². The lowest BCUT2D eigenvalue weighted by atomic mass is 10.1. The van der Waals surface area contributed by atoms with E-state index in [1.165, 1.54) is 0 Å². The molecule has 0 radical (unpaired) electrons. The molecular formula is C22H30N4O4S. The molecule has 1 aliphatic heterocycles. The maximum atomic E-state index is 12.6. The van der Waals surface area contributed by atoms with E-state index >= 15 is 0 Å². The number of carbonyl (C=O) groups excluding carboxylic acids is 2. The highest BCUT2D eigenvalue weighted by atomic mass is 32.1. The average molecular weight is 447 g/mol. The Kier molecular flexibility index (Phi) is 7.86. The van der Waals surface area contributed by atoms with E-state index in [1.807, 2.05) is 28.5 Å². The Morgan fingerprint density at radius 1 is 1.35 bits per heavy atom. The number of nitrogens with zero attached hydrogens (tertiary/aromatic N) is 2. The van der Waals surface area contributed by atoms with Crippen molar-refractivity contribution in [2.45, 2.75) is 45.3 Å². The predicted octanol–water partition coefficient (Wildman–Crippen LogP) is 2.29. The second kappa shape index (κ2) is 10.6. The first kappa shape index (κ1) is 23.0. The van der Waals surface area contributed by atoms with Gasteiger partial charge in [0.15, 0.2) is 0 Å². The van der Waals surface area contributed by atoms with Gasteiger partial charge < -0.3 is 20.1 Å². The fourth-order valence-corrected chi connectivity index (χ4v) is 4.32. The lowest BCUT2D eigenvalue weighted by Crippen LogP contribution is -2.56. The van der Waals surface area contributed by atoms with Gasteiger partial charge in [-0.1, -0.05) is 19.9 Å². The first-order valence-electron chi connectivity index (χ1n) is 10.3. The van der Waals surface area contributed by atoms with Crippen molar-refractivity contribution in [2.24, 2.45) is 0 Å². The molecule has 1 aromatic heterocycles. The molecule has 0 spiro atoms. The highest BCUT2D eigenvalue weighted by molar-refractivity contribution is 7.09. The van der Waals surface area contributed by atoms with Crippen LogP contribution in [0.2, 0.25) is 0 Å². The van der Waals surface area contributed by atoms with E-state index in [-0.39, 0.29) is 18.2 Å². The summed E-state index contributed by atoms with van der Waals surface area (Å²) in [7, 11) is 3.21. The summed E-state index contributed by atoms with van der Waals surface area (Å²) in [6.45, 7) is 6.25. The number of methoxy groups -OCH3 is 2. The summed E-state index contributed by atoms with van der Waals surface area (Å²) in [5, 5.41) is 8.78. The number of aromatic nitrogens is 1. The summed E-state index contributed by atoms with van der Waals surface area (Å²) < 4.78 is 10.7. The largest absolute Gasteiger partial charge is 0.497 e. The van der Waals surface area contributed by atoms with Crippen LogP contribution in [0.1, 0.15) is 42.5 Å². The highest BCUT2D eigenvalue weighted by Crippen LogP contribution is 2.27. The lowest BCUT2D eigenvalue weighted by molar-refractivity contribution is -0.134. The second-order valence-corrected chi connectivity index (χ2v) is 8.66. The second-order valence-electron chi connectivity index (χ2n) is 7.77. The van der Waals surface area contributed by atoms with Gasteiger partial charge in [-0.25, -0.2) is 4.98 Å². The number of ether oxygens (including phenoxy) is 2. The Hall–Kier alpha value is -2.65. The number of thiazole rings is 1. The minimum absolute atomic E-state index is 0.0888. The predicted molar refractivity (Wildman–Crippen MR) is 119 cm³/mol. The van der Waals surface area contributed by atoms with Crippen LogP contribution in [0.5, 0.6) is 11.5 Å². The average Bonchev–Trinajstić information content (AvgIpc) is 3.24. The Morgan fingerprint density at radius 2 is 2.16 bits per heavy atom. The van der Waals surface area contributed by atoms with Crippen LogP contribution in [-0.4, -0.2) is 55.0 Å². The maximum Gasteiger partial charge on any atom is 0.237 e. The van der Waals surface area contributed by atoms with E-state index in [0.717, 1.165) is 16.3 Å². The van der Waals surface area contributed by atoms with Crippen LogP contribution in [0.25, 0.3) is 0 Å². The van der Waals surface area contributed by atoms with Crippen molar-refractivity contribution < 1.29 is 19.1 Å². The summed E-state index contributed by atoms with van der Waals surface area (Å²) in [5.74, 6) is 1.45. The first-order chi connectivity index (χ1) is 14.9. The third kappa shape index (κ3) is 5.95. The summed E-state index contributed by atoms with van der Waals surface area (Å²) >= 11 is 1.60. The number of amides is 2. The molecule has 2 amide bonds. The zero-order chi connectivity index (χ0) is 22.4. The van der Waals surface area contributed by atoms with Gasteiger partial charge in [0, 0.05) is 42.6 Å². The molecule has 1 atom stereocenters. The van der Waals surface area contributed by atoms with E-state index in [2.05, 4.69) is 29.5 Å². The molecule has 2 N–H and O–H groups in total. The molecule has 1 fully saturated rings. The fraction of sp³-hybridized carbons (Fsp3) is 0.500. The van der Waals surface area contributed by atoms with Gasteiger partial charge in [-0.2, -0.15) is 0 Å². The van der Waals surface area contributed by atoms with Crippen molar-refractivity contribution in [1.29, 1.82) is 0 Å². The van der Waals surface area contributed by atoms with Gasteiger partial charge >= 0.3 is 0 Å². The number of piperazine rings is 1. The van der Waals surface area contributed by atoms with Crippen molar-refractivity contribution in [3.8, 4) is 11.5 Å². The zero-order valence-electron chi connectivity index (χ0n) is 18.4. The zero-order valence-corrected chi connectivity index (χ0v) is 19.3. The van der Waals surface area contributed by atoms with Gasteiger partial charge in [-0.05, 0) is 6.07 Å². The molecule has 0 aliphatic carbocycles. The molecule has 2 aromatic rings. The van der Waals surface area contributed by atoms with Crippen LogP contribution in [0.3, 0.4) is 0 Å². The Labute approximate surface area is 186 Å². The summed E-state index contributed by atoms with van der Waals surface area (Å²) in [6, 6.07) is 5.07. The van der Waals surface area contributed by atoms with Crippen molar-refractivity contribution in [1.82, 2.24) is 20.5 Å². The Bertz CT molecular complexity index is 915. The molecule has 1 saturated heterocycles. The number of rotatable bonds is 9. The van der Waals surface area contributed by atoms with Crippen LogP contribution in [-0.2, 0) is 22.7 Å². The molecule has 1 aromatic carbocycles. The molecule has 0 bridgehead atoms. The highest BCUT2D eigenvalue weighted by Gasteiger charge is 2.32. The van der Waals surface area contributed by atoms with Crippen LogP contribution < -0.4 is 20.1 Å². The van der Waals surface area contributed by atoms with Gasteiger partial charge in [0.1, 0.15) is 11.5 Å². The summed E-state index contributed by atoms with van der Waals surface area (Å²) in [5.41, 5.74) is 1.78. The van der Waals surface area contributed by atoms with Crippen LogP contribution >= 0.6 is 11.3 Å². The third-order valence-electron chi connectivity index (χ3n) is 5.22. The third-order valence-corrected chi connectivity index (χ3v) is 6.41. The topological polar surface area (TPSA) is 92.8 Å². The van der Waals surface area contributed by atoms with Crippen LogP contribution in [0, 0.1) is 0 Å². The van der Waals surface area contributed by atoms with Gasteiger partial charge in [0.05, 0.1) is 43.9 Å². The van der Waals surface area contributed by atoms with E-state index in [9.17, 15) is 9.59 Å². The molecular weight excluding hydrogens is 416 g/mol. The van der Waals surface area contributed by atoms with E-state index in [4.69, 9.17) is 9.47 Å². The van der Waals surface area contributed by atoms with E-state index in [0.29, 0.717) is 43.6 Å². The number of hydrogen-bond donors (Lipinski definition) is 2.